The van der Waals surface area contributed by atoms with Gasteiger partial charge in [0.1, 0.15) is 23.2 Å². The van der Waals surface area contributed by atoms with E-state index in [1.165, 1.54) is 13.0 Å². The van der Waals surface area contributed by atoms with Crippen molar-refractivity contribution in [2.45, 2.75) is 53.6 Å². The van der Waals surface area contributed by atoms with Crippen LogP contribution in [-0.2, 0) is 14.3 Å². The van der Waals surface area contributed by atoms with Crippen LogP contribution in [0, 0.1) is 22.7 Å². The minimum absolute atomic E-state index is 0.0464. The zero-order chi connectivity index (χ0) is 23.3. The molecule has 4 atom stereocenters. The van der Waals surface area contributed by atoms with Crippen molar-refractivity contribution < 1.29 is 23.5 Å². The third-order valence-electron chi connectivity index (χ3n) is 7.51. The monoisotopic (exact) mass is 438 g/mol. The first-order valence-electron chi connectivity index (χ1n) is 11.1. The van der Waals surface area contributed by atoms with Crippen molar-refractivity contribution in [3.05, 3.63) is 52.4 Å². The fraction of sp³-hybridized carbons (Fsp3) is 0.500. The molecule has 2 aliphatic carbocycles. The molecule has 6 nitrogen and oxygen atoms in total. The van der Waals surface area contributed by atoms with Crippen molar-refractivity contribution in [2.24, 2.45) is 22.7 Å². The number of rotatable bonds is 4. The summed E-state index contributed by atoms with van der Waals surface area (Å²) in [5.41, 5.74) is 0.276. The minimum atomic E-state index is -0.616. The zero-order valence-corrected chi connectivity index (χ0v) is 19.3. The molecule has 0 unspecified atom stereocenters. The molecule has 1 saturated carbocycles. The molecule has 1 heterocycles. The van der Waals surface area contributed by atoms with Crippen molar-refractivity contribution in [2.75, 3.05) is 6.61 Å². The van der Waals surface area contributed by atoms with Crippen LogP contribution in [0.4, 0.5) is 0 Å². The van der Waals surface area contributed by atoms with E-state index in [1.54, 1.807) is 12.1 Å². The fourth-order valence-corrected chi connectivity index (χ4v) is 5.95. The van der Waals surface area contributed by atoms with E-state index in [2.05, 4.69) is 6.92 Å². The molecule has 0 saturated heterocycles. The Morgan fingerprint density at radius 3 is 2.59 bits per heavy atom. The lowest BCUT2D eigenvalue weighted by molar-refractivity contribution is -0.169. The van der Waals surface area contributed by atoms with Gasteiger partial charge in [0, 0.05) is 48.1 Å². The summed E-state index contributed by atoms with van der Waals surface area (Å²) in [7, 11) is 0. The van der Waals surface area contributed by atoms with Gasteiger partial charge < -0.3 is 13.9 Å². The van der Waals surface area contributed by atoms with Crippen LogP contribution in [0.5, 0.6) is 5.75 Å². The molecular formula is C26H30O6. The van der Waals surface area contributed by atoms with E-state index >= 15 is 0 Å². The van der Waals surface area contributed by atoms with Crippen molar-refractivity contribution in [3.8, 4) is 5.75 Å². The Kier molecular flexibility index (Phi) is 5.51. The van der Waals surface area contributed by atoms with Crippen molar-refractivity contribution >= 4 is 22.7 Å². The summed E-state index contributed by atoms with van der Waals surface area (Å²) in [6.07, 6.45) is 2.76. The van der Waals surface area contributed by atoms with E-state index in [0.29, 0.717) is 30.8 Å². The van der Waals surface area contributed by atoms with Crippen LogP contribution in [0.25, 0.3) is 11.0 Å². The summed E-state index contributed by atoms with van der Waals surface area (Å²) in [4.78, 5) is 36.2. The van der Waals surface area contributed by atoms with Gasteiger partial charge >= 0.3 is 11.6 Å². The summed E-state index contributed by atoms with van der Waals surface area (Å²) in [5, 5.41) is 0.828. The van der Waals surface area contributed by atoms with E-state index in [9.17, 15) is 14.4 Å². The van der Waals surface area contributed by atoms with Crippen LogP contribution in [0.3, 0.4) is 0 Å². The van der Waals surface area contributed by atoms with Crippen molar-refractivity contribution in [1.82, 2.24) is 0 Å². The SMILES string of the molecule is CC(=O)O[C@H]1C=C(C)[C@H](COc2ccc3ccc(=O)oc3c2)[C@@]2(C)CCC(=O)C(C)(C)[C@H]12. The second-order valence-corrected chi connectivity index (χ2v) is 9.93. The molecule has 4 rings (SSSR count). The van der Waals surface area contributed by atoms with Gasteiger partial charge in [0.05, 0.1) is 6.61 Å². The van der Waals surface area contributed by atoms with Gasteiger partial charge in [-0.2, -0.15) is 0 Å². The number of benzene rings is 1. The van der Waals surface area contributed by atoms with Gasteiger partial charge in [0.25, 0.3) is 0 Å². The Labute approximate surface area is 187 Å². The molecule has 0 amide bonds. The van der Waals surface area contributed by atoms with E-state index in [1.807, 2.05) is 39.0 Å². The third kappa shape index (κ3) is 3.76. The first kappa shape index (κ1) is 22.3. The topological polar surface area (TPSA) is 82.8 Å². The summed E-state index contributed by atoms with van der Waals surface area (Å²) in [5.74, 6) is 0.377. The van der Waals surface area contributed by atoms with Gasteiger partial charge in [-0.25, -0.2) is 4.79 Å². The number of Topliss-reactive ketones (excluding diaryl/α,β-unsaturated/α-hetero) is 1. The maximum absolute atomic E-state index is 12.8. The number of hydrogen-bond donors (Lipinski definition) is 0. The standard InChI is InChI=1S/C26H30O6/c1-15-12-21(31-16(2)27)24-25(3,4)22(28)10-11-26(24,5)19(15)14-30-18-8-6-17-7-9-23(29)32-20(17)13-18/h6-9,12-13,19,21,24H,10-11,14H2,1-5H3/t19-,21-,24-,26+/m0/s1. The molecule has 2 aliphatic rings. The highest BCUT2D eigenvalue weighted by Crippen LogP contribution is 2.59. The highest BCUT2D eigenvalue weighted by molar-refractivity contribution is 5.86. The summed E-state index contributed by atoms with van der Waals surface area (Å²) in [6, 6.07) is 8.57. The van der Waals surface area contributed by atoms with E-state index < -0.39 is 17.1 Å². The molecule has 170 valence electrons. The molecule has 1 fully saturated rings. The van der Waals surface area contributed by atoms with Crippen molar-refractivity contribution in [3.63, 3.8) is 0 Å². The second-order valence-electron chi connectivity index (χ2n) is 9.93. The predicted molar refractivity (Wildman–Crippen MR) is 120 cm³/mol. The molecule has 32 heavy (non-hydrogen) atoms. The Morgan fingerprint density at radius 2 is 1.88 bits per heavy atom. The molecule has 1 aromatic heterocycles. The molecule has 0 N–H and O–H groups in total. The third-order valence-corrected chi connectivity index (χ3v) is 7.51. The summed E-state index contributed by atoms with van der Waals surface area (Å²) >= 11 is 0. The average Bonchev–Trinajstić information content (AvgIpc) is 2.69. The summed E-state index contributed by atoms with van der Waals surface area (Å²) < 4.78 is 17.2. The highest BCUT2D eigenvalue weighted by Gasteiger charge is 2.59. The average molecular weight is 439 g/mol. The van der Waals surface area contributed by atoms with E-state index in [4.69, 9.17) is 13.9 Å². The Hall–Kier alpha value is -2.89. The minimum Gasteiger partial charge on any atom is -0.493 e. The van der Waals surface area contributed by atoms with E-state index in [-0.39, 0.29) is 29.0 Å². The molecule has 0 bridgehead atoms. The van der Waals surface area contributed by atoms with Gasteiger partial charge in [-0.3, -0.25) is 9.59 Å². The highest BCUT2D eigenvalue weighted by atomic mass is 16.5. The lowest BCUT2D eigenvalue weighted by Crippen LogP contribution is -2.58. The van der Waals surface area contributed by atoms with Crippen LogP contribution >= 0.6 is 0 Å². The largest absolute Gasteiger partial charge is 0.493 e. The number of carbonyl (C=O) groups is 2. The van der Waals surface area contributed by atoms with Gasteiger partial charge in [-0.15, -0.1) is 0 Å². The molecule has 6 heteroatoms. The number of esters is 1. The molecule has 0 spiro atoms. The molecule has 0 radical (unpaired) electrons. The summed E-state index contributed by atoms with van der Waals surface area (Å²) in [6.45, 7) is 9.97. The van der Waals surface area contributed by atoms with Gasteiger partial charge in [-0.05, 0) is 43.0 Å². The normalized spacial score (nSPS) is 29.2. The Bertz CT molecular complexity index is 1160. The van der Waals surface area contributed by atoms with Crippen LogP contribution in [-0.4, -0.2) is 24.5 Å². The number of hydrogen-bond acceptors (Lipinski definition) is 6. The number of ether oxygens (including phenoxy) is 2. The molecule has 1 aromatic carbocycles. The number of ketones is 1. The Morgan fingerprint density at radius 1 is 1.16 bits per heavy atom. The van der Waals surface area contributed by atoms with Gasteiger partial charge in [-0.1, -0.05) is 26.3 Å². The maximum atomic E-state index is 12.8. The maximum Gasteiger partial charge on any atom is 0.336 e. The first-order chi connectivity index (χ1) is 15.0. The number of fused-ring (bicyclic) bond motifs is 2. The first-order valence-corrected chi connectivity index (χ1v) is 11.1. The van der Waals surface area contributed by atoms with Crippen LogP contribution in [0.1, 0.15) is 47.5 Å². The van der Waals surface area contributed by atoms with Crippen LogP contribution < -0.4 is 10.4 Å². The zero-order valence-electron chi connectivity index (χ0n) is 19.3. The van der Waals surface area contributed by atoms with E-state index in [0.717, 1.165) is 11.0 Å². The lowest BCUT2D eigenvalue weighted by atomic mass is 9.47. The van der Waals surface area contributed by atoms with Crippen LogP contribution in [0.15, 0.2) is 51.2 Å². The molecular weight excluding hydrogens is 408 g/mol. The number of carbonyl (C=O) groups excluding carboxylic acids is 2. The second kappa shape index (κ2) is 7.91. The van der Waals surface area contributed by atoms with Gasteiger partial charge in [0.2, 0.25) is 0 Å². The van der Waals surface area contributed by atoms with Gasteiger partial charge in [0.15, 0.2) is 0 Å². The van der Waals surface area contributed by atoms with Crippen LogP contribution in [0.2, 0.25) is 0 Å². The Balaban J connectivity index is 1.66. The molecule has 0 aliphatic heterocycles. The molecule has 2 aromatic rings. The predicted octanol–water partition coefficient (Wildman–Crippen LogP) is 4.69. The lowest BCUT2D eigenvalue weighted by Gasteiger charge is -2.57. The smallest absolute Gasteiger partial charge is 0.336 e. The fourth-order valence-electron chi connectivity index (χ4n) is 5.95. The quantitative estimate of drug-likeness (QED) is 0.391. The van der Waals surface area contributed by atoms with Crippen molar-refractivity contribution in [1.29, 1.82) is 0 Å².